The number of hydrogen-bond donors (Lipinski definition) is 1. The Hall–Kier alpha value is -1.60. The quantitative estimate of drug-likeness (QED) is 0.499. The molecule has 1 heteroatoms. The van der Waals surface area contributed by atoms with Gasteiger partial charge in [0.15, 0.2) is 0 Å². The van der Waals surface area contributed by atoms with E-state index in [9.17, 15) is 0 Å². The standard InChI is InChI=1S/C29H43N/c1-2-6-10-14-20-26(21-15-11-7-3-1)28-24-18-19-25-29(28)30-27-22-16-12-8-4-5-9-13-17-23-27/h1-3,6-7,10-11,14-15,20-21,27-30H,4-5,8-9,12-13,16-19,22-25H2/b2-1-,3-1?,6-2?,7-3-,10-6-,11-7?,14-10?,15-11-,20-14-,21-15?,26-20?,26-21+. The SMILES string of the molecule is C1=C\C=C/C=C\C(C2CCCCC2NC2CCCCCCCCCC2)=C/C=C\C=C/1. The summed E-state index contributed by atoms with van der Waals surface area (Å²) in [5.74, 6) is 0.633. The van der Waals surface area contributed by atoms with E-state index >= 15 is 0 Å². The number of nitrogens with one attached hydrogen (secondary N) is 1. The fourth-order valence-corrected chi connectivity index (χ4v) is 5.27. The van der Waals surface area contributed by atoms with Gasteiger partial charge in [0.2, 0.25) is 0 Å². The molecule has 0 aromatic heterocycles. The van der Waals surface area contributed by atoms with Crippen LogP contribution in [0.15, 0.2) is 72.4 Å². The molecular formula is C29H43N. The third-order valence-corrected chi connectivity index (χ3v) is 6.97. The fraction of sp³-hybridized carbons (Fsp3) is 0.586. The van der Waals surface area contributed by atoms with E-state index < -0.39 is 0 Å². The van der Waals surface area contributed by atoms with Crippen molar-refractivity contribution in [3.05, 3.63) is 72.4 Å². The summed E-state index contributed by atoms with van der Waals surface area (Å²) in [4.78, 5) is 0. The van der Waals surface area contributed by atoms with Crippen LogP contribution in [0, 0.1) is 5.92 Å². The van der Waals surface area contributed by atoms with Crippen molar-refractivity contribution in [3.8, 4) is 0 Å². The van der Waals surface area contributed by atoms with Crippen molar-refractivity contribution >= 4 is 0 Å². The van der Waals surface area contributed by atoms with Crippen LogP contribution >= 0.6 is 0 Å². The molecule has 0 heterocycles. The van der Waals surface area contributed by atoms with E-state index in [0.29, 0.717) is 18.0 Å². The van der Waals surface area contributed by atoms with Gasteiger partial charge in [-0.05, 0) is 37.2 Å². The maximum atomic E-state index is 4.19. The summed E-state index contributed by atoms with van der Waals surface area (Å²) >= 11 is 0. The summed E-state index contributed by atoms with van der Waals surface area (Å²) in [7, 11) is 0. The third kappa shape index (κ3) is 8.64. The summed E-state index contributed by atoms with van der Waals surface area (Å²) in [6.45, 7) is 0. The van der Waals surface area contributed by atoms with Gasteiger partial charge in [-0.1, -0.05) is 131 Å². The highest BCUT2D eigenvalue weighted by atomic mass is 15.0. The van der Waals surface area contributed by atoms with E-state index in [0.717, 1.165) is 0 Å². The molecule has 0 radical (unpaired) electrons. The number of hydrogen-bond acceptors (Lipinski definition) is 1. The van der Waals surface area contributed by atoms with Crippen molar-refractivity contribution in [1.82, 2.24) is 5.32 Å². The van der Waals surface area contributed by atoms with Crippen molar-refractivity contribution in [3.63, 3.8) is 0 Å². The van der Waals surface area contributed by atoms with Crippen LogP contribution in [0.4, 0.5) is 0 Å². The molecule has 0 aromatic carbocycles. The lowest BCUT2D eigenvalue weighted by Gasteiger charge is -2.36. The molecule has 3 aliphatic rings. The lowest BCUT2D eigenvalue weighted by molar-refractivity contribution is 0.258. The van der Waals surface area contributed by atoms with Gasteiger partial charge < -0.3 is 5.32 Å². The summed E-state index contributed by atoms with van der Waals surface area (Å²) in [6, 6.07) is 1.35. The minimum Gasteiger partial charge on any atom is -0.311 e. The summed E-state index contributed by atoms with van der Waals surface area (Å²) < 4.78 is 0. The zero-order chi connectivity index (χ0) is 20.7. The fourth-order valence-electron chi connectivity index (χ4n) is 5.27. The van der Waals surface area contributed by atoms with Crippen LogP contribution in [0.2, 0.25) is 0 Å². The molecule has 3 aliphatic carbocycles. The minimum atomic E-state index is 0.630. The van der Waals surface area contributed by atoms with Crippen LogP contribution in [0.3, 0.4) is 0 Å². The second-order valence-corrected chi connectivity index (χ2v) is 9.33. The van der Waals surface area contributed by atoms with Crippen LogP contribution in [-0.2, 0) is 0 Å². The first-order valence-corrected chi connectivity index (χ1v) is 12.7. The molecule has 2 atom stereocenters. The molecular weight excluding hydrogens is 362 g/mol. The Morgan fingerprint density at radius 2 is 1.00 bits per heavy atom. The van der Waals surface area contributed by atoms with E-state index in [1.54, 1.807) is 0 Å². The van der Waals surface area contributed by atoms with Gasteiger partial charge in [0.25, 0.3) is 0 Å². The zero-order valence-electron chi connectivity index (χ0n) is 19.0. The van der Waals surface area contributed by atoms with Gasteiger partial charge in [0, 0.05) is 12.1 Å². The highest BCUT2D eigenvalue weighted by Gasteiger charge is 2.28. The van der Waals surface area contributed by atoms with Gasteiger partial charge in [-0.3, -0.25) is 0 Å². The summed E-state index contributed by atoms with van der Waals surface area (Å²) in [5, 5.41) is 4.19. The highest BCUT2D eigenvalue weighted by molar-refractivity contribution is 5.32. The van der Waals surface area contributed by atoms with Gasteiger partial charge in [0.05, 0.1) is 0 Å². The lowest BCUT2D eigenvalue weighted by Crippen LogP contribution is -2.45. The summed E-state index contributed by atoms with van der Waals surface area (Å²) in [5.41, 5.74) is 1.49. The van der Waals surface area contributed by atoms with E-state index in [4.69, 9.17) is 0 Å². The topological polar surface area (TPSA) is 12.0 Å². The third-order valence-electron chi connectivity index (χ3n) is 6.97. The molecule has 3 rings (SSSR count). The predicted molar refractivity (Wildman–Crippen MR) is 133 cm³/mol. The molecule has 2 saturated carbocycles. The molecule has 1 nitrogen and oxygen atoms in total. The van der Waals surface area contributed by atoms with E-state index in [1.807, 2.05) is 0 Å². The Kier molecular flexibility index (Phi) is 11.1. The van der Waals surface area contributed by atoms with E-state index in [-0.39, 0.29) is 0 Å². The Morgan fingerprint density at radius 3 is 1.67 bits per heavy atom. The molecule has 30 heavy (non-hydrogen) atoms. The highest BCUT2D eigenvalue weighted by Crippen LogP contribution is 2.32. The molecule has 1 N–H and O–H groups in total. The van der Waals surface area contributed by atoms with Gasteiger partial charge in [0.1, 0.15) is 0 Å². The van der Waals surface area contributed by atoms with Crippen LogP contribution in [0.5, 0.6) is 0 Å². The van der Waals surface area contributed by atoms with Crippen molar-refractivity contribution < 1.29 is 0 Å². The smallest absolute Gasteiger partial charge is 0.0138 e. The van der Waals surface area contributed by atoms with Crippen LogP contribution < -0.4 is 5.32 Å². The second kappa shape index (κ2) is 14.4. The zero-order valence-corrected chi connectivity index (χ0v) is 19.0. The average molecular weight is 406 g/mol. The molecule has 0 aliphatic heterocycles. The predicted octanol–water partition coefficient (Wildman–Crippen LogP) is 8.14. The normalized spacial score (nSPS) is 34.7. The molecule has 0 bridgehead atoms. The summed E-state index contributed by atoms with van der Waals surface area (Å²) in [6.07, 6.45) is 43.5. The number of rotatable bonds is 3. The molecule has 2 unspecified atom stereocenters. The lowest BCUT2D eigenvalue weighted by atomic mass is 9.78. The Morgan fingerprint density at radius 1 is 0.500 bits per heavy atom. The van der Waals surface area contributed by atoms with Crippen molar-refractivity contribution in [1.29, 1.82) is 0 Å². The van der Waals surface area contributed by atoms with Crippen LogP contribution in [0.1, 0.15) is 89.9 Å². The first kappa shape index (κ1) is 23.1. The Balaban J connectivity index is 1.68. The maximum Gasteiger partial charge on any atom is 0.0138 e. The molecule has 0 saturated heterocycles. The second-order valence-electron chi connectivity index (χ2n) is 9.33. The Bertz CT molecular complexity index is 633. The van der Waals surface area contributed by atoms with Gasteiger partial charge >= 0.3 is 0 Å². The van der Waals surface area contributed by atoms with Crippen LogP contribution in [-0.4, -0.2) is 12.1 Å². The largest absolute Gasteiger partial charge is 0.311 e. The first-order valence-electron chi connectivity index (χ1n) is 12.7. The molecule has 0 spiro atoms. The maximum absolute atomic E-state index is 4.19. The molecule has 164 valence electrons. The van der Waals surface area contributed by atoms with E-state index in [1.165, 1.54) is 95.5 Å². The van der Waals surface area contributed by atoms with Gasteiger partial charge in [-0.25, -0.2) is 0 Å². The van der Waals surface area contributed by atoms with Crippen molar-refractivity contribution in [2.75, 3.05) is 0 Å². The Labute approximate surface area is 185 Å². The molecule has 0 aromatic rings. The van der Waals surface area contributed by atoms with Crippen molar-refractivity contribution in [2.45, 2.75) is 102 Å². The molecule has 0 amide bonds. The average Bonchev–Trinajstić information content (AvgIpc) is 2.81. The van der Waals surface area contributed by atoms with E-state index in [2.05, 4.69) is 72.2 Å². The van der Waals surface area contributed by atoms with Gasteiger partial charge in [-0.15, -0.1) is 0 Å². The number of allylic oxidation sites excluding steroid dienone is 11. The van der Waals surface area contributed by atoms with Gasteiger partial charge in [-0.2, -0.15) is 0 Å². The minimum absolute atomic E-state index is 0.630. The monoisotopic (exact) mass is 405 g/mol. The molecule has 2 fully saturated rings. The van der Waals surface area contributed by atoms with Crippen molar-refractivity contribution in [2.24, 2.45) is 5.92 Å². The first-order chi connectivity index (χ1) is 14.9. The van der Waals surface area contributed by atoms with Crippen LogP contribution in [0.25, 0.3) is 0 Å².